The van der Waals surface area contributed by atoms with Gasteiger partial charge >= 0.3 is 5.97 Å². The Morgan fingerprint density at radius 3 is 2.50 bits per heavy atom. The number of piperidine rings is 1. The van der Waals surface area contributed by atoms with Crippen molar-refractivity contribution < 1.29 is 14.3 Å². The molecule has 1 fully saturated rings. The van der Waals surface area contributed by atoms with Crippen LogP contribution >= 0.6 is 24.0 Å². The molecule has 1 unspecified atom stereocenters. The van der Waals surface area contributed by atoms with Crippen LogP contribution in [-0.4, -0.2) is 43.2 Å². The molecular formula is C16H23Cl2NO3. The van der Waals surface area contributed by atoms with Gasteiger partial charge in [0.1, 0.15) is 11.9 Å². The zero-order chi connectivity index (χ0) is 15.1. The Morgan fingerprint density at radius 2 is 1.86 bits per heavy atom. The highest BCUT2D eigenvalue weighted by Crippen LogP contribution is 2.15. The topological polar surface area (TPSA) is 38.8 Å². The number of hydrogen-bond donors (Lipinski definition) is 0. The lowest BCUT2D eigenvalue weighted by molar-refractivity contribution is -0.151. The Hall–Kier alpha value is -0.970. The number of nitrogens with zero attached hydrogens (tertiary/aromatic N) is 1. The van der Waals surface area contributed by atoms with Crippen molar-refractivity contribution in [2.24, 2.45) is 0 Å². The number of esters is 1. The second-order valence-corrected chi connectivity index (χ2v) is 5.84. The SMILES string of the molecule is CC(CN1CCCCC1)OC(=O)COc1ccc(Cl)cc1.Cl. The van der Waals surface area contributed by atoms with Crippen LogP contribution in [0, 0.1) is 0 Å². The maximum absolute atomic E-state index is 11.7. The van der Waals surface area contributed by atoms with Gasteiger partial charge in [0.25, 0.3) is 0 Å². The molecule has 0 saturated carbocycles. The summed E-state index contributed by atoms with van der Waals surface area (Å²) >= 11 is 5.78. The summed E-state index contributed by atoms with van der Waals surface area (Å²) in [5.41, 5.74) is 0. The van der Waals surface area contributed by atoms with E-state index < -0.39 is 0 Å². The van der Waals surface area contributed by atoms with Crippen LogP contribution in [0.5, 0.6) is 5.75 Å². The van der Waals surface area contributed by atoms with E-state index in [0.29, 0.717) is 10.8 Å². The molecule has 0 bridgehead atoms. The molecule has 22 heavy (non-hydrogen) atoms. The molecule has 0 aliphatic carbocycles. The van der Waals surface area contributed by atoms with E-state index in [-0.39, 0.29) is 31.1 Å². The zero-order valence-corrected chi connectivity index (χ0v) is 14.4. The van der Waals surface area contributed by atoms with Crippen molar-refractivity contribution >= 4 is 30.0 Å². The molecule has 1 atom stereocenters. The maximum Gasteiger partial charge on any atom is 0.344 e. The van der Waals surface area contributed by atoms with Crippen LogP contribution in [0.2, 0.25) is 5.02 Å². The smallest absolute Gasteiger partial charge is 0.344 e. The van der Waals surface area contributed by atoms with Gasteiger partial charge in [-0.05, 0) is 57.1 Å². The lowest BCUT2D eigenvalue weighted by atomic mass is 10.1. The molecule has 1 aromatic rings. The maximum atomic E-state index is 11.7. The fourth-order valence-corrected chi connectivity index (χ4v) is 2.60. The number of carbonyl (C=O) groups excluding carboxylic acids is 1. The first-order chi connectivity index (χ1) is 10.1. The molecule has 6 heteroatoms. The third kappa shape index (κ3) is 6.86. The Morgan fingerprint density at radius 1 is 1.23 bits per heavy atom. The van der Waals surface area contributed by atoms with Crippen LogP contribution in [0.3, 0.4) is 0 Å². The molecule has 1 heterocycles. The second-order valence-electron chi connectivity index (χ2n) is 5.40. The van der Waals surface area contributed by atoms with E-state index in [2.05, 4.69) is 4.90 Å². The number of rotatable bonds is 6. The van der Waals surface area contributed by atoms with Crippen LogP contribution in [-0.2, 0) is 9.53 Å². The first-order valence-electron chi connectivity index (χ1n) is 7.43. The van der Waals surface area contributed by atoms with Crippen LogP contribution in [0.15, 0.2) is 24.3 Å². The van der Waals surface area contributed by atoms with E-state index in [4.69, 9.17) is 21.1 Å². The summed E-state index contributed by atoms with van der Waals surface area (Å²) in [6.45, 7) is 4.85. The minimum Gasteiger partial charge on any atom is -0.482 e. The predicted molar refractivity (Wildman–Crippen MR) is 90.0 cm³/mol. The lowest BCUT2D eigenvalue weighted by Gasteiger charge is -2.28. The first-order valence-corrected chi connectivity index (χ1v) is 7.81. The fraction of sp³-hybridized carbons (Fsp3) is 0.562. The predicted octanol–water partition coefficient (Wildman–Crippen LogP) is 3.56. The van der Waals surface area contributed by atoms with Gasteiger partial charge in [0.05, 0.1) is 0 Å². The number of likely N-dealkylation sites (tertiary alicyclic amines) is 1. The average Bonchev–Trinajstić information content (AvgIpc) is 2.47. The summed E-state index contributed by atoms with van der Waals surface area (Å²) in [6, 6.07) is 6.90. The number of halogens is 2. The second kappa shape index (κ2) is 9.93. The van der Waals surface area contributed by atoms with Gasteiger partial charge in [-0.2, -0.15) is 0 Å². The Bertz CT molecular complexity index is 447. The van der Waals surface area contributed by atoms with Gasteiger partial charge in [0.2, 0.25) is 0 Å². The molecule has 4 nitrogen and oxygen atoms in total. The minimum atomic E-state index is -0.338. The molecule has 1 aliphatic heterocycles. The molecule has 1 saturated heterocycles. The van der Waals surface area contributed by atoms with Gasteiger partial charge in [-0.25, -0.2) is 4.79 Å². The Labute approximate surface area is 143 Å². The molecule has 0 spiro atoms. The van der Waals surface area contributed by atoms with Crippen LogP contribution in [0.1, 0.15) is 26.2 Å². The minimum absolute atomic E-state index is 0. The molecule has 0 aromatic heterocycles. The van der Waals surface area contributed by atoms with Crippen molar-refractivity contribution in [3.8, 4) is 5.75 Å². The normalized spacial score (nSPS) is 16.5. The van der Waals surface area contributed by atoms with E-state index in [1.807, 2.05) is 6.92 Å². The number of benzene rings is 1. The molecule has 0 amide bonds. The van der Waals surface area contributed by atoms with Crippen LogP contribution in [0.25, 0.3) is 0 Å². The summed E-state index contributed by atoms with van der Waals surface area (Å²) in [4.78, 5) is 14.1. The van der Waals surface area contributed by atoms with Gasteiger partial charge < -0.3 is 9.47 Å². The monoisotopic (exact) mass is 347 g/mol. The van der Waals surface area contributed by atoms with Crippen molar-refractivity contribution in [2.75, 3.05) is 26.2 Å². The van der Waals surface area contributed by atoms with E-state index in [0.717, 1.165) is 19.6 Å². The quantitative estimate of drug-likeness (QED) is 0.737. The molecule has 1 aliphatic rings. The van der Waals surface area contributed by atoms with Crippen LogP contribution < -0.4 is 4.74 Å². The van der Waals surface area contributed by atoms with Crippen molar-refractivity contribution in [1.29, 1.82) is 0 Å². The summed E-state index contributed by atoms with van der Waals surface area (Å²) in [7, 11) is 0. The van der Waals surface area contributed by atoms with Gasteiger partial charge in [0, 0.05) is 11.6 Å². The van der Waals surface area contributed by atoms with Crippen molar-refractivity contribution in [3.63, 3.8) is 0 Å². The highest BCUT2D eigenvalue weighted by Gasteiger charge is 2.16. The summed E-state index contributed by atoms with van der Waals surface area (Å²) in [5.74, 6) is 0.273. The molecule has 0 radical (unpaired) electrons. The van der Waals surface area contributed by atoms with E-state index in [1.54, 1.807) is 24.3 Å². The summed E-state index contributed by atoms with van der Waals surface area (Å²) in [5, 5.41) is 0.639. The van der Waals surface area contributed by atoms with Gasteiger partial charge in [-0.15, -0.1) is 12.4 Å². The van der Waals surface area contributed by atoms with E-state index in [1.165, 1.54) is 19.3 Å². The van der Waals surface area contributed by atoms with Gasteiger partial charge in [0.15, 0.2) is 6.61 Å². The number of carbonyl (C=O) groups is 1. The highest BCUT2D eigenvalue weighted by atomic mass is 35.5. The van der Waals surface area contributed by atoms with Crippen molar-refractivity contribution in [1.82, 2.24) is 4.90 Å². The molecule has 124 valence electrons. The average molecular weight is 348 g/mol. The third-order valence-electron chi connectivity index (χ3n) is 3.47. The van der Waals surface area contributed by atoms with Gasteiger partial charge in [-0.3, -0.25) is 4.90 Å². The summed E-state index contributed by atoms with van der Waals surface area (Å²) in [6.07, 6.45) is 3.67. The number of ether oxygens (including phenoxy) is 2. The zero-order valence-electron chi connectivity index (χ0n) is 12.8. The molecule has 2 rings (SSSR count). The number of hydrogen-bond acceptors (Lipinski definition) is 4. The van der Waals surface area contributed by atoms with Crippen molar-refractivity contribution in [2.45, 2.75) is 32.3 Å². The Balaban J connectivity index is 0.00000242. The van der Waals surface area contributed by atoms with E-state index >= 15 is 0 Å². The molecule has 0 N–H and O–H groups in total. The standard InChI is InChI=1S/C16H22ClNO3.ClH/c1-13(11-18-9-3-2-4-10-18)21-16(19)12-20-15-7-5-14(17)6-8-15;/h5-8,13H,2-4,9-12H2,1H3;1H. The van der Waals surface area contributed by atoms with Crippen molar-refractivity contribution in [3.05, 3.63) is 29.3 Å². The molecule has 1 aromatic carbocycles. The fourth-order valence-electron chi connectivity index (χ4n) is 2.47. The molecular weight excluding hydrogens is 325 g/mol. The van der Waals surface area contributed by atoms with Gasteiger partial charge in [-0.1, -0.05) is 18.0 Å². The Kier molecular flexibility index (Phi) is 8.61. The first kappa shape index (κ1) is 19.1. The summed E-state index contributed by atoms with van der Waals surface area (Å²) < 4.78 is 10.7. The largest absolute Gasteiger partial charge is 0.482 e. The highest BCUT2D eigenvalue weighted by molar-refractivity contribution is 6.30. The van der Waals surface area contributed by atoms with Crippen LogP contribution in [0.4, 0.5) is 0 Å². The third-order valence-corrected chi connectivity index (χ3v) is 3.72. The van der Waals surface area contributed by atoms with E-state index in [9.17, 15) is 4.79 Å². The lowest BCUT2D eigenvalue weighted by Crippen LogP contribution is -2.37.